The minimum atomic E-state index is -0.139. The van der Waals surface area contributed by atoms with E-state index >= 15 is 0 Å². The standard InChI is InChI=1S/C19H25N5O3/c1-22(2)18-13-9-10-24(11-14(13)20-19(21-18)23(3)4)17(26)12-27-16-8-6-5-7-15(16)25/h5-8,25H,9-12H2,1-4H3. The maximum atomic E-state index is 12.6. The molecule has 8 heteroatoms. The van der Waals surface area contributed by atoms with Crippen molar-refractivity contribution in [2.45, 2.75) is 13.0 Å². The second-order valence-electron chi connectivity index (χ2n) is 6.88. The molecule has 1 aliphatic rings. The maximum Gasteiger partial charge on any atom is 0.260 e. The molecule has 1 aromatic carbocycles. The molecule has 3 rings (SSSR count). The minimum absolute atomic E-state index is 0.0216. The number of benzene rings is 1. The van der Waals surface area contributed by atoms with Gasteiger partial charge in [0.1, 0.15) is 5.82 Å². The summed E-state index contributed by atoms with van der Waals surface area (Å²) in [6, 6.07) is 6.61. The van der Waals surface area contributed by atoms with Crippen molar-refractivity contribution in [1.82, 2.24) is 14.9 Å². The molecule has 1 N–H and O–H groups in total. The lowest BCUT2D eigenvalue weighted by Crippen LogP contribution is -2.40. The molecule has 0 fully saturated rings. The number of amides is 1. The summed E-state index contributed by atoms with van der Waals surface area (Å²) in [7, 11) is 7.71. The van der Waals surface area contributed by atoms with Crippen molar-refractivity contribution >= 4 is 17.7 Å². The number of fused-ring (bicyclic) bond motifs is 1. The summed E-state index contributed by atoms with van der Waals surface area (Å²) < 4.78 is 5.47. The fourth-order valence-electron chi connectivity index (χ4n) is 2.99. The van der Waals surface area contributed by atoms with E-state index in [0.29, 0.717) is 31.2 Å². The van der Waals surface area contributed by atoms with Crippen LogP contribution in [-0.2, 0) is 17.8 Å². The topological polar surface area (TPSA) is 82.0 Å². The van der Waals surface area contributed by atoms with Gasteiger partial charge in [-0.25, -0.2) is 4.98 Å². The van der Waals surface area contributed by atoms with Gasteiger partial charge in [0.05, 0.1) is 12.2 Å². The van der Waals surface area contributed by atoms with Crippen LogP contribution in [0.1, 0.15) is 11.3 Å². The predicted molar refractivity (Wildman–Crippen MR) is 103 cm³/mol. The van der Waals surface area contributed by atoms with Crippen molar-refractivity contribution in [2.75, 3.05) is 51.1 Å². The third-order valence-corrected chi connectivity index (χ3v) is 4.42. The van der Waals surface area contributed by atoms with Gasteiger partial charge in [0.15, 0.2) is 18.1 Å². The molecule has 1 aromatic heterocycles. The van der Waals surface area contributed by atoms with Crippen LogP contribution in [0, 0.1) is 0 Å². The number of carbonyl (C=O) groups is 1. The van der Waals surface area contributed by atoms with Gasteiger partial charge in [0, 0.05) is 40.3 Å². The molecule has 1 amide bonds. The molecule has 0 spiro atoms. The lowest BCUT2D eigenvalue weighted by atomic mass is 10.1. The molecule has 144 valence electrons. The zero-order valence-corrected chi connectivity index (χ0v) is 16.1. The summed E-state index contributed by atoms with van der Waals surface area (Å²) in [4.78, 5) is 27.4. The first-order valence-electron chi connectivity index (χ1n) is 8.80. The van der Waals surface area contributed by atoms with E-state index < -0.39 is 0 Å². The summed E-state index contributed by atoms with van der Waals surface area (Å²) in [5, 5.41) is 9.75. The van der Waals surface area contributed by atoms with Gasteiger partial charge in [0.25, 0.3) is 5.91 Å². The van der Waals surface area contributed by atoms with Crippen LogP contribution >= 0.6 is 0 Å². The van der Waals surface area contributed by atoms with Crippen LogP contribution in [0.15, 0.2) is 24.3 Å². The normalized spacial score (nSPS) is 13.1. The van der Waals surface area contributed by atoms with Crippen molar-refractivity contribution in [3.05, 3.63) is 35.5 Å². The highest BCUT2D eigenvalue weighted by Crippen LogP contribution is 2.28. The number of nitrogens with zero attached hydrogens (tertiary/aromatic N) is 5. The highest BCUT2D eigenvalue weighted by molar-refractivity contribution is 5.78. The Hall–Kier alpha value is -3.03. The molecule has 0 radical (unpaired) electrons. The first-order valence-corrected chi connectivity index (χ1v) is 8.80. The van der Waals surface area contributed by atoms with Crippen LogP contribution in [0.5, 0.6) is 11.5 Å². The van der Waals surface area contributed by atoms with Crippen LogP contribution in [-0.4, -0.2) is 67.2 Å². The monoisotopic (exact) mass is 371 g/mol. The molecule has 0 bridgehead atoms. The van der Waals surface area contributed by atoms with Gasteiger partial charge in [-0.1, -0.05) is 12.1 Å². The van der Waals surface area contributed by atoms with E-state index in [1.165, 1.54) is 6.07 Å². The van der Waals surface area contributed by atoms with E-state index in [-0.39, 0.29) is 18.3 Å². The Kier molecular flexibility index (Phi) is 5.34. The molecular weight excluding hydrogens is 346 g/mol. The smallest absolute Gasteiger partial charge is 0.260 e. The van der Waals surface area contributed by atoms with Crippen molar-refractivity contribution in [3.63, 3.8) is 0 Å². The summed E-state index contributed by atoms with van der Waals surface area (Å²) in [6.45, 7) is 0.878. The molecule has 0 atom stereocenters. The minimum Gasteiger partial charge on any atom is -0.504 e. The van der Waals surface area contributed by atoms with E-state index in [2.05, 4.69) is 9.97 Å². The van der Waals surface area contributed by atoms with E-state index in [1.807, 2.05) is 38.0 Å². The van der Waals surface area contributed by atoms with Crippen molar-refractivity contribution in [3.8, 4) is 11.5 Å². The molecule has 0 saturated heterocycles. The number of phenols is 1. The summed E-state index contributed by atoms with van der Waals surface area (Å²) in [5.41, 5.74) is 1.94. The summed E-state index contributed by atoms with van der Waals surface area (Å²) in [5.74, 6) is 1.70. The van der Waals surface area contributed by atoms with Gasteiger partial charge in [-0.3, -0.25) is 4.79 Å². The molecule has 2 aromatic rings. The highest BCUT2D eigenvalue weighted by atomic mass is 16.5. The van der Waals surface area contributed by atoms with Crippen LogP contribution in [0.3, 0.4) is 0 Å². The Morgan fingerprint density at radius 1 is 1.19 bits per heavy atom. The third-order valence-electron chi connectivity index (χ3n) is 4.42. The molecule has 27 heavy (non-hydrogen) atoms. The quantitative estimate of drug-likeness (QED) is 0.848. The highest BCUT2D eigenvalue weighted by Gasteiger charge is 2.26. The Bertz CT molecular complexity index is 838. The average Bonchev–Trinajstić information content (AvgIpc) is 2.65. The second kappa shape index (κ2) is 7.69. The molecule has 2 heterocycles. The van der Waals surface area contributed by atoms with Gasteiger partial charge >= 0.3 is 0 Å². The molecule has 0 saturated carbocycles. The fourth-order valence-corrected chi connectivity index (χ4v) is 2.99. The maximum absolute atomic E-state index is 12.6. The van der Waals surface area contributed by atoms with Crippen LogP contribution in [0.25, 0.3) is 0 Å². The lowest BCUT2D eigenvalue weighted by molar-refractivity contribution is -0.134. The van der Waals surface area contributed by atoms with Gasteiger partial charge in [-0.2, -0.15) is 4.98 Å². The zero-order valence-electron chi connectivity index (χ0n) is 16.1. The Labute approximate surface area is 159 Å². The van der Waals surface area contributed by atoms with Crippen LogP contribution in [0.4, 0.5) is 11.8 Å². The van der Waals surface area contributed by atoms with Gasteiger partial charge in [-0.05, 0) is 18.6 Å². The molecular formula is C19H25N5O3. The molecule has 0 unspecified atom stereocenters. The number of hydrogen-bond donors (Lipinski definition) is 1. The van der Waals surface area contributed by atoms with E-state index in [0.717, 1.165) is 17.1 Å². The number of phenolic OH excluding ortho intramolecular Hbond substituents is 1. The van der Waals surface area contributed by atoms with Gasteiger partial charge in [0.2, 0.25) is 5.95 Å². The molecule has 1 aliphatic heterocycles. The Morgan fingerprint density at radius 3 is 2.59 bits per heavy atom. The first-order chi connectivity index (χ1) is 12.9. The van der Waals surface area contributed by atoms with Gasteiger partial charge < -0.3 is 24.5 Å². The zero-order chi connectivity index (χ0) is 19.6. The predicted octanol–water partition coefficient (Wildman–Crippen LogP) is 1.28. The van der Waals surface area contributed by atoms with Crippen molar-refractivity contribution in [2.24, 2.45) is 0 Å². The van der Waals surface area contributed by atoms with Crippen molar-refractivity contribution < 1.29 is 14.6 Å². The second-order valence-corrected chi connectivity index (χ2v) is 6.88. The fraction of sp³-hybridized carbons (Fsp3) is 0.421. The third kappa shape index (κ3) is 4.05. The van der Waals surface area contributed by atoms with Crippen LogP contribution < -0.4 is 14.5 Å². The largest absolute Gasteiger partial charge is 0.504 e. The number of rotatable bonds is 5. The molecule has 0 aliphatic carbocycles. The van der Waals surface area contributed by atoms with E-state index in [1.54, 1.807) is 23.1 Å². The number of anilines is 2. The van der Waals surface area contributed by atoms with Gasteiger partial charge in [-0.15, -0.1) is 0 Å². The summed E-state index contributed by atoms with van der Waals surface area (Å²) >= 11 is 0. The van der Waals surface area contributed by atoms with E-state index in [4.69, 9.17) is 4.74 Å². The average molecular weight is 371 g/mol. The summed E-state index contributed by atoms with van der Waals surface area (Å²) in [6.07, 6.45) is 0.693. The number of hydrogen-bond acceptors (Lipinski definition) is 7. The first kappa shape index (κ1) is 18.8. The number of carbonyl (C=O) groups excluding carboxylic acids is 1. The lowest BCUT2D eigenvalue weighted by Gasteiger charge is -2.31. The van der Waals surface area contributed by atoms with Crippen LogP contribution in [0.2, 0.25) is 0 Å². The number of ether oxygens (including phenoxy) is 1. The number of aromatic nitrogens is 2. The molecule has 8 nitrogen and oxygen atoms in total. The number of aromatic hydroxyl groups is 1. The van der Waals surface area contributed by atoms with E-state index in [9.17, 15) is 9.90 Å². The van der Waals surface area contributed by atoms with Crippen molar-refractivity contribution in [1.29, 1.82) is 0 Å². The Morgan fingerprint density at radius 2 is 1.93 bits per heavy atom. The SMILES string of the molecule is CN(C)c1nc2c(c(N(C)C)n1)CCN(C(=O)COc1ccccc1O)C2. The number of para-hydroxylation sites is 2. The Balaban J connectivity index is 1.75.